The Morgan fingerprint density at radius 3 is 2.76 bits per heavy atom. The van der Waals surface area contributed by atoms with Gasteiger partial charge in [0, 0.05) is 5.02 Å². The summed E-state index contributed by atoms with van der Waals surface area (Å²) in [5.74, 6) is 0. The Labute approximate surface area is 109 Å². The van der Waals surface area contributed by atoms with E-state index in [0.717, 1.165) is 36.8 Å². The van der Waals surface area contributed by atoms with Gasteiger partial charge in [-0.05, 0) is 36.5 Å². The normalized spacial score (nSPS) is 22.7. The van der Waals surface area contributed by atoms with Crippen molar-refractivity contribution >= 4 is 28.3 Å². The highest BCUT2D eigenvalue weighted by Gasteiger charge is 2.18. The van der Waals surface area contributed by atoms with E-state index in [-0.39, 0.29) is 5.25 Å². The first kappa shape index (κ1) is 12.8. The maximum atomic E-state index is 11.2. The van der Waals surface area contributed by atoms with Crippen LogP contribution in [0.4, 0.5) is 0 Å². The maximum Gasteiger partial charge on any atom is 0.159 e. The quantitative estimate of drug-likeness (QED) is 0.828. The molecule has 17 heavy (non-hydrogen) atoms. The van der Waals surface area contributed by atoms with Crippen molar-refractivity contribution in [3.63, 3.8) is 0 Å². The summed E-state index contributed by atoms with van der Waals surface area (Å²) in [5, 5.41) is 0.451. The summed E-state index contributed by atoms with van der Waals surface area (Å²) in [5.41, 5.74) is 2.09. The molecule has 0 radical (unpaired) electrons. The van der Waals surface area contributed by atoms with E-state index in [1.54, 1.807) is 0 Å². The number of hydrogen-bond donors (Lipinski definition) is 1. The molecule has 1 N–H and O–H groups in total. The number of benzene rings is 1. The molecule has 0 saturated heterocycles. The first-order valence-corrected chi connectivity index (χ1v) is 7.28. The third-order valence-corrected chi connectivity index (χ3v) is 4.27. The molecule has 0 amide bonds. The number of rotatable bonds is 2. The molecule has 0 aliphatic heterocycles. The van der Waals surface area contributed by atoms with E-state index in [9.17, 15) is 8.76 Å². The molecule has 0 heterocycles. The van der Waals surface area contributed by atoms with Gasteiger partial charge in [0.05, 0.1) is 5.25 Å². The molecule has 0 saturated carbocycles. The van der Waals surface area contributed by atoms with Gasteiger partial charge < -0.3 is 4.55 Å². The van der Waals surface area contributed by atoms with Crippen molar-refractivity contribution in [2.24, 2.45) is 0 Å². The van der Waals surface area contributed by atoms with E-state index in [1.807, 2.05) is 30.3 Å². The Morgan fingerprint density at radius 1 is 1.29 bits per heavy atom. The highest BCUT2D eigenvalue weighted by atomic mass is 35.5. The lowest BCUT2D eigenvalue weighted by atomic mass is 10.0. The number of allylic oxidation sites excluding steroid dienone is 1. The fourth-order valence-electron chi connectivity index (χ4n) is 2.16. The van der Waals surface area contributed by atoms with Crippen LogP contribution in [0, 0.1) is 0 Å². The standard InChI is InChI=1S/C13H15ClO2S/c14-13-8-4-3-7-12(13)10-5-1-2-6-11(9-10)17(15)16/h3-4,7-9,11H,1-2,5-6H2,(H,15,16). The molecule has 1 aliphatic rings. The molecule has 1 aliphatic carbocycles. The van der Waals surface area contributed by atoms with Crippen molar-refractivity contribution in [1.82, 2.24) is 0 Å². The van der Waals surface area contributed by atoms with Crippen LogP contribution >= 0.6 is 11.6 Å². The van der Waals surface area contributed by atoms with Crippen LogP contribution in [0.25, 0.3) is 5.57 Å². The van der Waals surface area contributed by atoms with E-state index in [1.165, 1.54) is 0 Å². The number of hydrogen-bond acceptors (Lipinski definition) is 1. The van der Waals surface area contributed by atoms with Gasteiger partial charge >= 0.3 is 0 Å². The molecule has 0 fully saturated rings. The van der Waals surface area contributed by atoms with Gasteiger partial charge in [-0.25, -0.2) is 4.21 Å². The topological polar surface area (TPSA) is 37.3 Å². The van der Waals surface area contributed by atoms with E-state index < -0.39 is 11.1 Å². The summed E-state index contributed by atoms with van der Waals surface area (Å²) < 4.78 is 20.4. The fourth-order valence-corrected chi connectivity index (χ4v) is 3.06. The molecule has 0 bridgehead atoms. The van der Waals surface area contributed by atoms with Gasteiger partial charge in [0.2, 0.25) is 0 Å². The zero-order valence-corrected chi connectivity index (χ0v) is 11.0. The van der Waals surface area contributed by atoms with Crippen LogP contribution in [0.2, 0.25) is 5.02 Å². The minimum atomic E-state index is -1.78. The zero-order valence-electron chi connectivity index (χ0n) is 9.43. The van der Waals surface area contributed by atoms with Crippen molar-refractivity contribution in [3.05, 3.63) is 40.9 Å². The van der Waals surface area contributed by atoms with Gasteiger partial charge in [-0.3, -0.25) is 0 Å². The molecule has 2 atom stereocenters. The highest BCUT2D eigenvalue weighted by molar-refractivity contribution is 7.80. The lowest BCUT2D eigenvalue weighted by Crippen LogP contribution is -2.10. The lowest BCUT2D eigenvalue weighted by Gasteiger charge is -2.09. The first-order valence-electron chi connectivity index (χ1n) is 5.74. The molecule has 1 aromatic carbocycles. The third kappa shape index (κ3) is 3.18. The third-order valence-electron chi connectivity index (χ3n) is 3.05. The van der Waals surface area contributed by atoms with E-state index >= 15 is 0 Å². The van der Waals surface area contributed by atoms with E-state index in [4.69, 9.17) is 11.6 Å². The van der Waals surface area contributed by atoms with Crippen LogP contribution in [0.5, 0.6) is 0 Å². The minimum absolute atomic E-state index is 0.260. The largest absolute Gasteiger partial charge is 0.306 e. The van der Waals surface area contributed by atoms with Crippen molar-refractivity contribution in [2.45, 2.75) is 30.9 Å². The Hall–Kier alpha value is -0.640. The van der Waals surface area contributed by atoms with Gasteiger partial charge in [0.15, 0.2) is 11.1 Å². The molecule has 2 rings (SSSR count). The van der Waals surface area contributed by atoms with Crippen molar-refractivity contribution in [3.8, 4) is 0 Å². The predicted octanol–water partition coefficient (Wildman–Crippen LogP) is 3.89. The predicted molar refractivity (Wildman–Crippen MR) is 72.5 cm³/mol. The highest BCUT2D eigenvalue weighted by Crippen LogP contribution is 2.31. The Morgan fingerprint density at radius 2 is 2.06 bits per heavy atom. The van der Waals surface area contributed by atoms with Crippen molar-refractivity contribution in [2.75, 3.05) is 0 Å². The Bertz CT molecular complexity index is 456. The Kier molecular flexibility index (Phi) is 4.37. The van der Waals surface area contributed by atoms with Crippen LogP contribution in [0.1, 0.15) is 31.2 Å². The summed E-state index contributed by atoms with van der Waals surface area (Å²) in [6.07, 6.45) is 5.66. The second kappa shape index (κ2) is 5.80. The average Bonchev–Trinajstić information content (AvgIpc) is 2.55. The molecule has 0 aromatic heterocycles. The average molecular weight is 271 g/mol. The van der Waals surface area contributed by atoms with E-state index in [0.29, 0.717) is 5.02 Å². The van der Waals surface area contributed by atoms with Gasteiger partial charge in [-0.2, -0.15) is 0 Å². The SMILES string of the molecule is O=S(O)C1C=C(c2ccccc2Cl)CCCC1. The molecular formula is C13H15ClO2S. The number of halogens is 1. The summed E-state index contributed by atoms with van der Waals surface area (Å²) in [4.78, 5) is 0. The fraction of sp³-hybridized carbons (Fsp3) is 0.385. The molecule has 2 nitrogen and oxygen atoms in total. The molecule has 1 aromatic rings. The van der Waals surface area contributed by atoms with Gasteiger partial charge in [-0.15, -0.1) is 0 Å². The second-order valence-electron chi connectivity index (χ2n) is 4.23. The first-order chi connectivity index (χ1) is 8.18. The van der Waals surface area contributed by atoms with Crippen LogP contribution < -0.4 is 0 Å². The minimum Gasteiger partial charge on any atom is -0.306 e. The molecule has 92 valence electrons. The van der Waals surface area contributed by atoms with Crippen LogP contribution in [-0.2, 0) is 11.1 Å². The maximum absolute atomic E-state index is 11.2. The van der Waals surface area contributed by atoms with Crippen LogP contribution in [-0.4, -0.2) is 14.0 Å². The molecule has 0 spiro atoms. The smallest absolute Gasteiger partial charge is 0.159 e. The monoisotopic (exact) mass is 270 g/mol. The summed E-state index contributed by atoms with van der Waals surface area (Å²) in [6, 6.07) is 7.66. The van der Waals surface area contributed by atoms with E-state index in [2.05, 4.69) is 0 Å². The van der Waals surface area contributed by atoms with Gasteiger partial charge in [0.25, 0.3) is 0 Å². The van der Waals surface area contributed by atoms with Gasteiger partial charge in [0.1, 0.15) is 0 Å². The second-order valence-corrected chi connectivity index (χ2v) is 5.80. The summed E-state index contributed by atoms with van der Waals surface area (Å²) in [7, 11) is 0. The molecular weight excluding hydrogens is 256 g/mol. The van der Waals surface area contributed by atoms with Crippen molar-refractivity contribution in [1.29, 1.82) is 0 Å². The zero-order chi connectivity index (χ0) is 12.3. The molecule has 4 heteroatoms. The van der Waals surface area contributed by atoms with Gasteiger partial charge in [-0.1, -0.05) is 42.3 Å². The summed E-state index contributed by atoms with van der Waals surface area (Å²) >= 11 is 4.38. The van der Waals surface area contributed by atoms with Crippen LogP contribution in [0.15, 0.2) is 30.3 Å². The van der Waals surface area contributed by atoms with Crippen molar-refractivity contribution < 1.29 is 8.76 Å². The lowest BCUT2D eigenvalue weighted by molar-refractivity contribution is 0.549. The van der Waals surface area contributed by atoms with Crippen LogP contribution in [0.3, 0.4) is 0 Å². The Balaban J connectivity index is 2.35. The molecule has 2 unspecified atom stereocenters. The summed E-state index contributed by atoms with van der Waals surface area (Å²) in [6.45, 7) is 0.